The van der Waals surface area contributed by atoms with Gasteiger partial charge in [-0.3, -0.25) is 0 Å². The molecule has 0 aliphatic carbocycles. The molecule has 2 aromatic carbocycles. The number of rotatable bonds is 6. The summed E-state index contributed by atoms with van der Waals surface area (Å²) in [6.07, 6.45) is 1.31. The van der Waals surface area contributed by atoms with Crippen LogP contribution in [0.25, 0.3) is 0 Å². The van der Waals surface area contributed by atoms with Crippen molar-refractivity contribution in [1.82, 2.24) is 9.97 Å². The summed E-state index contributed by atoms with van der Waals surface area (Å²) in [6.45, 7) is 2.50. The van der Waals surface area contributed by atoms with Gasteiger partial charge in [0.25, 0.3) is 0 Å². The number of aromatic nitrogens is 2. The van der Waals surface area contributed by atoms with E-state index in [-0.39, 0.29) is 11.5 Å². The predicted octanol–water partition coefficient (Wildman–Crippen LogP) is 4.22. The highest BCUT2D eigenvalue weighted by Crippen LogP contribution is 2.29. The Morgan fingerprint density at radius 3 is 2.15 bits per heavy atom. The Morgan fingerprint density at radius 2 is 1.54 bits per heavy atom. The Labute approximate surface area is 149 Å². The first-order chi connectivity index (χ1) is 12.6. The molecule has 0 unspecified atom stereocenters. The minimum atomic E-state index is -0.963. The van der Waals surface area contributed by atoms with Crippen molar-refractivity contribution in [1.29, 1.82) is 0 Å². The van der Waals surface area contributed by atoms with Gasteiger partial charge in [0.15, 0.2) is 23.3 Å². The zero-order chi connectivity index (χ0) is 18.5. The van der Waals surface area contributed by atoms with E-state index in [1.54, 1.807) is 0 Å². The van der Waals surface area contributed by atoms with Gasteiger partial charge in [-0.25, -0.2) is 18.7 Å². The summed E-state index contributed by atoms with van der Waals surface area (Å²) < 4.78 is 31.8. The van der Waals surface area contributed by atoms with Crippen molar-refractivity contribution in [3.8, 4) is 5.75 Å². The van der Waals surface area contributed by atoms with Crippen molar-refractivity contribution in [2.24, 2.45) is 0 Å². The maximum atomic E-state index is 13.3. The van der Waals surface area contributed by atoms with Gasteiger partial charge in [-0.05, 0) is 43.3 Å². The summed E-state index contributed by atoms with van der Waals surface area (Å²) in [5.41, 5.74) is 7.41. The van der Waals surface area contributed by atoms with E-state index in [0.717, 1.165) is 23.6 Å². The van der Waals surface area contributed by atoms with Gasteiger partial charge in [0, 0.05) is 17.4 Å². The molecule has 6 nitrogen and oxygen atoms in total. The molecule has 8 heteroatoms. The molecule has 3 rings (SSSR count). The normalized spacial score (nSPS) is 10.4. The standard InChI is InChI=1S/C18H17F2N5O/c1-2-26-13-6-3-11(4-7-13)24-17-16(21)18(23-10-22-17)25-12-5-8-14(19)15(20)9-12/h3-10H,2,21H2,1H3,(H2,22,23,24,25). The van der Waals surface area contributed by atoms with Gasteiger partial charge in [0.1, 0.15) is 17.8 Å². The Bertz CT molecular complexity index is 903. The lowest BCUT2D eigenvalue weighted by molar-refractivity contribution is 0.340. The summed E-state index contributed by atoms with van der Waals surface area (Å²) in [5, 5.41) is 5.93. The van der Waals surface area contributed by atoms with Crippen molar-refractivity contribution in [3.63, 3.8) is 0 Å². The largest absolute Gasteiger partial charge is 0.494 e. The molecular formula is C18H17F2N5O. The summed E-state index contributed by atoms with van der Waals surface area (Å²) in [6, 6.07) is 10.7. The lowest BCUT2D eigenvalue weighted by Crippen LogP contribution is -2.05. The lowest BCUT2D eigenvalue weighted by Gasteiger charge is -2.13. The maximum absolute atomic E-state index is 13.3. The molecule has 1 heterocycles. The third-order valence-corrected chi connectivity index (χ3v) is 3.49. The van der Waals surface area contributed by atoms with Crippen LogP contribution < -0.4 is 21.1 Å². The topological polar surface area (TPSA) is 85.1 Å². The zero-order valence-corrected chi connectivity index (χ0v) is 14.0. The summed E-state index contributed by atoms with van der Waals surface area (Å²) in [5.74, 6) is -0.470. The fourth-order valence-corrected chi connectivity index (χ4v) is 2.24. The van der Waals surface area contributed by atoms with Crippen LogP contribution in [0.3, 0.4) is 0 Å². The van der Waals surface area contributed by atoms with E-state index in [1.165, 1.54) is 12.4 Å². The smallest absolute Gasteiger partial charge is 0.160 e. The number of nitrogens with two attached hydrogens (primary N) is 1. The Kier molecular flexibility index (Phi) is 5.12. The fourth-order valence-electron chi connectivity index (χ4n) is 2.24. The number of nitrogen functional groups attached to an aromatic ring is 1. The van der Waals surface area contributed by atoms with E-state index in [1.807, 2.05) is 31.2 Å². The van der Waals surface area contributed by atoms with E-state index in [2.05, 4.69) is 20.6 Å². The first-order valence-electron chi connectivity index (χ1n) is 7.89. The van der Waals surface area contributed by atoms with E-state index in [0.29, 0.717) is 18.1 Å². The molecule has 0 amide bonds. The van der Waals surface area contributed by atoms with Gasteiger partial charge in [-0.15, -0.1) is 0 Å². The number of anilines is 5. The third-order valence-electron chi connectivity index (χ3n) is 3.49. The Balaban J connectivity index is 1.79. The average Bonchev–Trinajstić information content (AvgIpc) is 2.63. The number of hydrogen-bond donors (Lipinski definition) is 3. The minimum absolute atomic E-state index is 0.242. The molecule has 0 atom stereocenters. The number of hydrogen-bond acceptors (Lipinski definition) is 6. The number of halogens is 2. The molecule has 0 bridgehead atoms. The van der Waals surface area contributed by atoms with Crippen molar-refractivity contribution in [2.75, 3.05) is 23.0 Å². The second-order valence-corrected chi connectivity index (χ2v) is 5.32. The van der Waals surface area contributed by atoms with Crippen LogP contribution in [-0.2, 0) is 0 Å². The number of nitrogens with zero attached hydrogens (tertiary/aromatic N) is 2. The van der Waals surface area contributed by atoms with Crippen molar-refractivity contribution < 1.29 is 13.5 Å². The van der Waals surface area contributed by atoms with E-state index < -0.39 is 11.6 Å². The van der Waals surface area contributed by atoms with Gasteiger partial charge in [-0.2, -0.15) is 0 Å². The monoisotopic (exact) mass is 357 g/mol. The number of ether oxygens (including phenoxy) is 1. The second-order valence-electron chi connectivity index (χ2n) is 5.32. The zero-order valence-electron chi connectivity index (χ0n) is 14.0. The van der Waals surface area contributed by atoms with Crippen LogP contribution in [0.15, 0.2) is 48.8 Å². The molecule has 0 aliphatic rings. The highest BCUT2D eigenvalue weighted by Gasteiger charge is 2.10. The molecule has 134 valence electrons. The Hall–Kier alpha value is -3.42. The summed E-state index contributed by atoms with van der Waals surface area (Å²) in [7, 11) is 0. The highest BCUT2D eigenvalue weighted by atomic mass is 19.2. The summed E-state index contributed by atoms with van der Waals surface area (Å²) >= 11 is 0. The highest BCUT2D eigenvalue weighted by molar-refractivity contribution is 5.80. The van der Waals surface area contributed by atoms with Crippen molar-refractivity contribution in [2.45, 2.75) is 6.92 Å². The van der Waals surface area contributed by atoms with Crippen LogP contribution in [-0.4, -0.2) is 16.6 Å². The van der Waals surface area contributed by atoms with Crippen LogP contribution in [0.4, 0.5) is 37.5 Å². The second kappa shape index (κ2) is 7.64. The van der Waals surface area contributed by atoms with Gasteiger partial charge in [-0.1, -0.05) is 0 Å². The van der Waals surface area contributed by atoms with E-state index in [9.17, 15) is 8.78 Å². The average molecular weight is 357 g/mol. The molecule has 4 N–H and O–H groups in total. The van der Waals surface area contributed by atoms with E-state index >= 15 is 0 Å². The third kappa shape index (κ3) is 3.97. The lowest BCUT2D eigenvalue weighted by atomic mass is 10.3. The number of nitrogens with one attached hydrogen (secondary N) is 2. The molecule has 0 aliphatic heterocycles. The van der Waals surface area contributed by atoms with Crippen LogP contribution in [0, 0.1) is 11.6 Å². The maximum Gasteiger partial charge on any atom is 0.160 e. The molecule has 0 saturated carbocycles. The SMILES string of the molecule is CCOc1ccc(Nc2ncnc(Nc3ccc(F)c(F)c3)c2N)cc1. The molecule has 26 heavy (non-hydrogen) atoms. The number of benzene rings is 2. The van der Waals surface area contributed by atoms with Gasteiger partial charge in [0.2, 0.25) is 0 Å². The quantitative estimate of drug-likeness (QED) is 0.612. The Morgan fingerprint density at radius 1 is 0.923 bits per heavy atom. The first kappa shape index (κ1) is 17.4. The van der Waals surface area contributed by atoms with Gasteiger partial charge in [0.05, 0.1) is 6.61 Å². The van der Waals surface area contributed by atoms with Crippen LogP contribution >= 0.6 is 0 Å². The van der Waals surface area contributed by atoms with Crippen molar-refractivity contribution >= 4 is 28.7 Å². The van der Waals surface area contributed by atoms with Gasteiger partial charge < -0.3 is 21.1 Å². The summed E-state index contributed by atoms with van der Waals surface area (Å²) in [4.78, 5) is 8.16. The first-order valence-corrected chi connectivity index (χ1v) is 7.89. The van der Waals surface area contributed by atoms with Crippen LogP contribution in [0.5, 0.6) is 5.75 Å². The van der Waals surface area contributed by atoms with E-state index in [4.69, 9.17) is 10.5 Å². The molecule has 0 radical (unpaired) electrons. The molecule has 0 spiro atoms. The fraction of sp³-hybridized carbons (Fsp3) is 0.111. The molecule has 3 aromatic rings. The molecule has 0 saturated heterocycles. The van der Waals surface area contributed by atoms with Crippen LogP contribution in [0.2, 0.25) is 0 Å². The molecular weight excluding hydrogens is 340 g/mol. The van der Waals surface area contributed by atoms with Crippen LogP contribution in [0.1, 0.15) is 6.92 Å². The van der Waals surface area contributed by atoms with Gasteiger partial charge >= 0.3 is 0 Å². The molecule has 1 aromatic heterocycles. The minimum Gasteiger partial charge on any atom is -0.494 e. The molecule has 0 fully saturated rings. The van der Waals surface area contributed by atoms with Crippen molar-refractivity contribution in [3.05, 3.63) is 60.4 Å². The predicted molar refractivity (Wildman–Crippen MR) is 97.0 cm³/mol.